The average Bonchev–Trinajstić information content (AvgIpc) is 2.52. The van der Waals surface area contributed by atoms with Crippen molar-refractivity contribution in [3.63, 3.8) is 0 Å². The van der Waals surface area contributed by atoms with Crippen LogP contribution in [0, 0.1) is 0 Å². The van der Waals surface area contributed by atoms with Crippen LogP contribution in [0.5, 0.6) is 0 Å². The van der Waals surface area contributed by atoms with Gasteiger partial charge in [0.1, 0.15) is 18.5 Å². The van der Waals surface area contributed by atoms with Crippen LogP contribution in [0.4, 0.5) is 0 Å². The van der Waals surface area contributed by atoms with Crippen LogP contribution in [0.2, 0.25) is 0 Å². The lowest BCUT2D eigenvalue weighted by Crippen LogP contribution is -2.44. The van der Waals surface area contributed by atoms with Gasteiger partial charge in [0.2, 0.25) is 0 Å². The second-order valence-electron chi connectivity index (χ2n) is 5.54. The monoisotopic (exact) mass is 378 g/mol. The van der Waals surface area contributed by atoms with Crippen LogP contribution < -0.4 is 0 Å². The van der Waals surface area contributed by atoms with E-state index in [4.69, 9.17) is 18.9 Å². The molecule has 1 heterocycles. The van der Waals surface area contributed by atoms with Crippen molar-refractivity contribution in [2.75, 3.05) is 19.8 Å². The maximum absolute atomic E-state index is 6.05. The highest BCUT2D eigenvalue weighted by Crippen LogP contribution is 2.29. The summed E-state index contributed by atoms with van der Waals surface area (Å²) in [5, 5.41) is -0.200. The van der Waals surface area contributed by atoms with Crippen LogP contribution in [0.15, 0.2) is 12.0 Å². The van der Waals surface area contributed by atoms with Gasteiger partial charge in [0.25, 0.3) is 0 Å². The highest BCUT2D eigenvalue weighted by Gasteiger charge is 2.38. The first-order chi connectivity index (χ1) is 10.7. The van der Waals surface area contributed by atoms with E-state index in [0.717, 1.165) is 44.3 Å². The molecule has 0 aromatic rings. The molecule has 5 heteroatoms. The van der Waals surface area contributed by atoms with Crippen molar-refractivity contribution < 1.29 is 18.9 Å². The average molecular weight is 379 g/mol. The van der Waals surface area contributed by atoms with E-state index < -0.39 is 0 Å². The summed E-state index contributed by atoms with van der Waals surface area (Å²) in [6.07, 6.45) is 7.72. The van der Waals surface area contributed by atoms with E-state index in [-0.39, 0.29) is 17.2 Å². The lowest BCUT2D eigenvalue weighted by Gasteiger charge is -2.35. The van der Waals surface area contributed by atoms with E-state index in [1.807, 2.05) is 0 Å². The highest BCUT2D eigenvalue weighted by atomic mass is 79.9. The summed E-state index contributed by atoms with van der Waals surface area (Å²) in [6, 6.07) is 0. The molecule has 1 aliphatic heterocycles. The van der Waals surface area contributed by atoms with Gasteiger partial charge in [-0.15, -0.1) is 0 Å². The molecule has 1 rings (SSSR count). The molecule has 3 atom stereocenters. The first kappa shape index (κ1) is 19.8. The Hall–Kier alpha value is -0.260. The van der Waals surface area contributed by atoms with Crippen molar-refractivity contribution in [3.05, 3.63) is 12.0 Å². The molecule has 0 fully saturated rings. The summed E-state index contributed by atoms with van der Waals surface area (Å²) in [4.78, 5) is 0. The molecule has 0 amide bonds. The maximum atomic E-state index is 6.05. The Bertz CT molecular complexity index is 309. The van der Waals surface area contributed by atoms with Crippen molar-refractivity contribution in [2.24, 2.45) is 0 Å². The minimum atomic E-state index is -0.200. The van der Waals surface area contributed by atoms with Crippen molar-refractivity contribution >= 4 is 15.9 Å². The molecule has 0 radical (unpaired) electrons. The van der Waals surface area contributed by atoms with Gasteiger partial charge in [0.05, 0.1) is 6.61 Å². The Labute approximate surface area is 143 Å². The number of halogens is 1. The van der Waals surface area contributed by atoms with Gasteiger partial charge < -0.3 is 18.9 Å². The Morgan fingerprint density at radius 2 is 1.55 bits per heavy atom. The van der Waals surface area contributed by atoms with Crippen molar-refractivity contribution in [1.82, 2.24) is 0 Å². The van der Waals surface area contributed by atoms with E-state index in [1.165, 1.54) is 0 Å². The number of unbranched alkanes of at least 4 members (excludes halogenated alkanes) is 3. The third kappa shape index (κ3) is 6.88. The lowest BCUT2D eigenvalue weighted by atomic mass is 10.1. The van der Waals surface area contributed by atoms with Gasteiger partial charge in [-0.1, -0.05) is 40.0 Å². The first-order valence-corrected chi connectivity index (χ1v) is 9.51. The van der Waals surface area contributed by atoms with Crippen LogP contribution in [0.3, 0.4) is 0 Å². The predicted molar refractivity (Wildman–Crippen MR) is 92.0 cm³/mol. The van der Waals surface area contributed by atoms with Gasteiger partial charge in [0.15, 0.2) is 10.8 Å². The van der Waals surface area contributed by atoms with Crippen molar-refractivity contribution in [2.45, 2.75) is 76.5 Å². The number of hydrogen-bond donors (Lipinski definition) is 0. The number of hydrogen-bond acceptors (Lipinski definition) is 4. The topological polar surface area (TPSA) is 36.9 Å². The van der Waals surface area contributed by atoms with Crippen LogP contribution in [0.25, 0.3) is 0 Å². The third-order valence-corrected chi connectivity index (χ3v) is 4.26. The molecule has 0 aromatic carbocycles. The summed E-state index contributed by atoms with van der Waals surface area (Å²) < 4.78 is 23.5. The van der Waals surface area contributed by atoms with Gasteiger partial charge in [-0.2, -0.15) is 0 Å². The summed E-state index contributed by atoms with van der Waals surface area (Å²) in [7, 11) is 0. The summed E-state index contributed by atoms with van der Waals surface area (Å²) in [5.41, 5.74) is 0. The van der Waals surface area contributed by atoms with Gasteiger partial charge >= 0.3 is 0 Å². The molecule has 22 heavy (non-hydrogen) atoms. The third-order valence-electron chi connectivity index (χ3n) is 3.52. The highest BCUT2D eigenvalue weighted by molar-refractivity contribution is 9.09. The maximum Gasteiger partial charge on any atom is 0.181 e. The SMILES string of the molecule is CCCCOC1=CO[C@H](Br)C(OCCCC)C1OCCCC. The Balaban J connectivity index is 2.65. The number of ether oxygens (including phenoxy) is 4. The molecule has 0 spiro atoms. The predicted octanol–water partition coefficient (Wildman–Crippen LogP) is 4.77. The van der Waals surface area contributed by atoms with Crippen LogP contribution in [0.1, 0.15) is 59.3 Å². The second-order valence-corrected chi connectivity index (χ2v) is 6.45. The zero-order chi connectivity index (χ0) is 16.2. The normalized spacial score (nSPS) is 24.7. The molecule has 0 N–H and O–H groups in total. The molecular weight excluding hydrogens is 348 g/mol. The zero-order valence-electron chi connectivity index (χ0n) is 14.2. The molecule has 0 bridgehead atoms. The van der Waals surface area contributed by atoms with E-state index >= 15 is 0 Å². The van der Waals surface area contributed by atoms with Crippen molar-refractivity contribution in [1.29, 1.82) is 0 Å². The fraction of sp³-hybridized carbons (Fsp3) is 0.882. The quantitative estimate of drug-likeness (QED) is 0.362. The molecule has 0 aliphatic carbocycles. The first-order valence-electron chi connectivity index (χ1n) is 8.60. The van der Waals surface area contributed by atoms with Gasteiger partial charge in [-0.3, -0.25) is 0 Å². The molecule has 130 valence electrons. The van der Waals surface area contributed by atoms with Crippen LogP contribution in [-0.4, -0.2) is 37.0 Å². The van der Waals surface area contributed by atoms with E-state index in [1.54, 1.807) is 6.26 Å². The molecule has 4 nitrogen and oxygen atoms in total. The minimum absolute atomic E-state index is 0.176. The van der Waals surface area contributed by atoms with Crippen LogP contribution in [-0.2, 0) is 18.9 Å². The standard InChI is InChI=1S/C17H31BrO4/c1-4-7-10-19-14-13-22-17(18)16(21-12-9-6-3)15(14)20-11-8-5-2/h13,15-17H,4-12H2,1-3H3/t15?,16?,17-/m0/s1. The van der Waals surface area contributed by atoms with Crippen molar-refractivity contribution in [3.8, 4) is 0 Å². The molecule has 1 aliphatic rings. The minimum Gasteiger partial charge on any atom is -0.492 e. The van der Waals surface area contributed by atoms with Gasteiger partial charge in [-0.05, 0) is 35.2 Å². The Kier molecular flexibility index (Phi) is 11.0. The summed E-state index contributed by atoms with van der Waals surface area (Å²) in [6.45, 7) is 8.57. The lowest BCUT2D eigenvalue weighted by molar-refractivity contribution is -0.121. The second kappa shape index (κ2) is 12.2. The molecular formula is C17H31BrO4. The number of alkyl halides is 1. The van der Waals surface area contributed by atoms with Crippen LogP contribution >= 0.6 is 15.9 Å². The smallest absolute Gasteiger partial charge is 0.181 e. The Morgan fingerprint density at radius 1 is 0.955 bits per heavy atom. The van der Waals surface area contributed by atoms with E-state index in [9.17, 15) is 0 Å². The van der Waals surface area contributed by atoms with Gasteiger partial charge in [0, 0.05) is 13.2 Å². The molecule has 0 aromatic heterocycles. The molecule has 2 unspecified atom stereocenters. The largest absolute Gasteiger partial charge is 0.492 e. The van der Waals surface area contributed by atoms with Gasteiger partial charge in [-0.25, -0.2) is 0 Å². The molecule has 0 saturated heterocycles. The zero-order valence-corrected chi connectivity index (χ0v) is 15.8. The summed E-state index contributed by atoms with van der Waals surface area (Å²) in [5.74, 6) is 0.752. The fourth-order valence-corrected chi connectivity index (χ4v) is 2.62. The fourth-order valence-electron chi connectivity index (χ4n) is 2.08. The number of rotatable bonds is 12. The van der Waals surface area contributed by atoms with E-state index in [0.29, 0.717) is 19.8 Å². The molecule has 0 saturated carbocycles. The Morgan fingerprint density at radius 3 is 2.18 bits per heavy atom. The summed E-state index contributed by atoms with van der Waals surface area (Å²) >= 11 is 3.54. The van der Waals surface area contributed by atoms with E-state index in [2.05, 4.69) is 36.7 Å².